The maximum Gasteiger partial charge on any atom is 0.417 e. The fourth-order valence-electron chi connectivity index (χ4n) is 3.24. The predicted molar refractivity (Wildman–Crippen MR) is 102 cm³/mol. The smallest absolute Gasteiger partial charge is 0.334 e. The van der Waals surface area contributed by atoms with E-state index in [1.54, 1.807) is 11.3 Å². The summed E-state index contributed by atoms with van der Waals surface area (Å²) < 4.78 is 40.3. The van der Waals surface area contributed by atoms with Crippen LogP contribution in [0.3, 0.4) is 0 Å². The lowest BCUT2D eigenvalue weighted by molar-refractivity contribution is -0.138. The zero-order chi connectivity index (χ0) is 19.9. The number of likely N-dealkylation sites (tertiary alicyclic amines) is 1. The highest BCUT2D eigenvalue weighted by atomic mass is 35.5. The topological polar surface area (TPSA) is 50.5 Å². The number of aromatic nitrogens is 3. The van der Waals surface area contributed by atoms with Crippen molar-refractivity contribution < 1.29 is 18.0 Å². The number of thiophene rings is 1. The molecule has 0 radical (unpaired) electrons. The number of rotatable bonds is 4. The van der Waals surface area contributed by atoms with Gasteiger partial charge in [0.1, 0.15) is 0 Å². The Kier molecular flexibility index (Phi) is 5.28. The normalized spacial score (nSPS) is 17.6. The number of hydrogen-bond acceptors (Lipinski definition) is 5. The van der Waals surface area contributed by atoms with E-state index in [-0.39, 0.29) is 33.5 Å². The van der Waals surface area contributed by atoms with Gasteiger partial charge in [-0.2, -0.15) is 13.2 Å². The molecule has 0 saturated carbocycles. The lowest BCUT2D eigenvalue weighted by Crippen LogP contribution is -2.31. The van der Waals surface area contributed by atoms with Gasteiger partial charge in [0.2, 0.25) is 5.91 Å². The van der Waals surface area contributed by atoms with E-state index >= 15 is 0 Å². The zero-order valence-electron chi connectivity index (χ0n) is 14.3. The van der Waals surface area contributed by atoms with Crippen LogP contribution in [0.2, 0.25) is 5.02 Å². The highest BCUT2D eigenvalue weighted by Gasteiger charge is 2.33. The summed E-state index contributed by atoms with van der Waals surface area (Å²) in [5, 5.41) is 9.78. The van der Waals surface area contributed by atoms with Crippen molar-refractivity contribution in [2.45, 2.75) is 30.2 Å². The van der Waals surface area contributed by atoms with Crippen molar-refractivity contribution in [3.63, 3.8) is 0 Å². The first-order valence-electron chi connectivity index (χ1n) is 8.42. The Labute approximate surface area is 171 Å². The van der Waals surface area contributed by atoms with Gasteiger partial charge in [-0.1, -0.05) is 29.4 Å². The number of carbonyl (C=O) groups is 1. The summed E-state index contributed by atoms with van der Waals surface area (Å²) in [4.78, 5) is 15.7. The van der Waals surface area contributed by atoms with Crippen LogP contribution in [0.4, 0.5) is 13.2 Å². The molecule has 1 aliphatic heterocycles. The molecule has 1 fully saturated rings. The molecule has 1 aliphatic rings. The van der Waals surface area contributed by atoms with Gasteiger partial charge in [-0.3, -0.25) is 9.20 Å². The molecule has 3 aromatic heterocycles. The Morgan fingerprint density at radius 1 is 1.39 bits per heavy atom. The molecule has 11 heteroatoms. The predicted octanol–water partition coefficient (Wildman–Crippen LogP) is 4.92. The SMILES string of the molecule is O=C(CSc1nnc2c(Cl)cc(C(F)(F)F)cn12)N1CCCC1c1cccs1. The van der Waals surface area contributed by atoms with Crippen LogP contribution >= 0.6 is 34.7 Å². The second kappa shape index (κ2) is 7.57. The van der Waals surface area contributed by atoms with Crippen molar-refractivity contribution in [3.8, 4) is 0 Å². The summed E-state index contributed by atoms with van der Waals surface area (Å²) >= 11 is 8.59. The molecule has 1 amide bonds. The molecular weight excluding hydrogens is 433 g/mol. The maximum atomic E-state index is 13.1. The average Bonchev–Trinajstić information content (AvgIpc) is 3.37. The molecule has 4 heterocycles. The summed E-state index contributed by atoms with van der Waals surface area (Å²) in [7, 11) is 0. The molecule has 28 heavy (non-hydrogen) atoms. The molecule has 0 spiro atoms. The van der Waals surface area contributed by atoms with Gasteiger partial charge in [-0.25, -0.2) is 0 Å². The van der Waals surface area contributed by atoms with Gasteiger partial charge in [0.05, 0.1) is 22.4 Å². The third-order valence-electron chi connectivity index (χ3n) is 4.53. The highest BCUT2D eigenvalue weighted by Crippen LogP contribution is 2.36. The average molecular weight is 447 g/mol. The molecule has 1 saturated heterocycles. The van der Waals surface area contributed by atoms with Crippen LogP contribution in [0.5, 0.6) is 0 Å². The summed E-state index contributed by atoms with van der Waals surface area (Å²) in [5.41, 5.74) is -0.766. The lowest BCUT2D eigenvalue weighted by Gasteiger charge is -2.23. The van der Waals surface area contributed by atoms with Crippen LogP contribution in [0.25, 0.3) is 5.65 Å². The third-order valence-corrected chi connectivity index (χ3v) is 6.70. The van der Waals surface area contributed by atoms with E-state index in [0.29, 0.717) is 6.54 Å². The van der Waals surface area contributed by atoms with E-state index < -0.39 is 11.7 Å². The quantitative estimate of drug-likeness (QED) is 0.534. The maximum absolute atomic E-state index is 13.1. The summed E-state index contributed by atoms with van der Waals surface area (Å²) in [6.07, 6.45) is -1.80. The highest BCUT2D eigenvalue weighted by molar-refractivity contribution is 7.99. The van der Waals surface area contributed by atoms with Gasteiger partial charge in [0.25, 0.3) is 0 Å². The molecule has 0 N–H and O–H groups in total. The zero-order valence-corrected chi connectivity index (χ0v) is 16.7. The van der Waals surface area contributed by atoms with Gasteiger partial charge < -0.3 is 4.90 Å². The summed E-state index contributed by atoms with van der Waals surface area (Å²) in [6, 6.07) is 4.86. The number of halogens is 4. The summed E-state index contributed by atoms with van der Waals surface area (Å²) in [6.45, 7) is 0.673. The van der Waals surface area contributed by atoms with Gasteiger partial charge in [0.15, 0.2) is 10.8 Å². The van der Waals surface area contributed by atoms with Crippen LogP contribution in [-0.4, -0.2) is 37.7 Å². The van der Waals surface area contributed by atoms with Gasteiger partial charge >= 0.3 is 6.18 Å². The Morgan fingerprint density at radius 3 is 2.93 bits per heavy atom. The molecule has 1 atom stereocenters. The van der Waals surface area contributed by atoms with E-state index in [0.717, 1.165) is 41.7 Å². The number of alkyl halides is 3. The minimum absolute atomic E-state index is 0.0644. The Balaban J connectivity index is 1.52. The van der Waals surface area contributed by atoms with Crippen molar-refractivity contribution in [2.24, 2.45) is 0 Å². The summed E-state index contributed by atoms with van der Waals surface area (Å²) in [5.74, 6) is -0.00740. The fraction of sp³-hybridized carbons (Fsp3) is 0.353. The van der Waals surface area contributed by atoms with E-state index in [9.17, 15) is 18.0 Å². The van der Waals surface area contributed by atoms with Crippen LogP contribution < -0.4 is 0 Å². The minimum Gasteiger partial charge on any atom is -0.334 e. The Hall–Kier alpha value is -1.78. The Morgan fingerprint density at radius 2 is 2.21 bits per heavy atom. The van der Waals surface area contributed by atoms with Crippen LogP contribution in [0, 0.1) is 0 Å². The fourth-order valence-corrected chi connectivity index (χ4v) is 5.15. The van der Waals surface area contributed by atoms with Crippen LogP contribution in [0.1, 0.15) is 29.3 Å². The number of amides is 1. The Bertz CT molecular complexity index is 1010. The van der Waals surface area contributed by atoms with Gasteiger partial charge in [0, 0.05) is 17.6 Å². The number of fused-ring (bicyclic) bond motifs is 1. The van der Waals surface area contributed by atoms with Gasteiger partial charge in [-0.15, -0.1) is 21.5 Å². The molecule has 1 unspecified atom stereocenters. The standard InChI is InChI=1S/C17H14ClF3N4OS2/c18-11-7-10(17(19,20)21)8-25-15(11)22-23-16(25)28-9-14(26)24-5-1-3-12(24)13-4-2-6-27-13/h2,4,6-8,12H,1,3,5,9H2. The first-order valence-corrected chi connectivity index (χ1v) is 10.7. The largest absolute Gasteiger partial charge is 0.417 e. The molecule has 148 valence electrons. The molecule has 0 aliphatic carbocycles. The van der Waals surface area contributed by atoms with Crippen molar-refractivity contribution >= 4 is 46.3 Å². The number of pyridine rings is 1. The molecular formula is C17H14ClF3N4OS2. The first-order chi connectivity index (χ1) is 13.3. The van der Waals surface area contributed by atoms with Gasteiger partial charge in [-0.05, 0) is 30.4 Å². The van der Waals surface area contributed by atoms with E-state index in [4.69, 9.17) is 11.6 Å². The second-order valence-electron chi connectivity index (χ2n) is 6.30. The van der Waals surface area contributed by atoms with Crippen molar-refractivity contribution in [3.05, 3.63) is 45.2 Å². The van der Waals surface area contributed by atoms with Crippen LogP contribution in [-0.2, 0) is 11.0 Å². The number of carbonyl (C=O) groups excluding carboxylic acids is 1. The number of nitrogens with zero attached hydrogens (tertiary/aromatic N) is 4. The monoisotopic (exact) mass is 446 g/mol. The molecule has 5 nitrogen and oxygen atoms in total. The first kappa shape index (κ1) is 19.5. The second-order valence-corrected chi connectivity index (χ2v) is 8.63. The van der Waals surface area contributed by atoms with E-state index in [1.165, 1.54) is 4.40 Å². The van der Waals surface area contributed by atoms with E-state index in [2.05, 4.69) is 10.2 Å². The van der Waals surface area contributed by atoms with Crippen molar-refractivity contribution in [1.29, 1.82) is 0 Å². The minimum atomic E-state index is -4.54. The van der Waals surface area contributed by atoms with Crippen molar-refractivity contribution in [1.82, 2.24) is 19.5 Å². The molecule has 0 aromatic carbocycles. The van der Waals surface area contributed by atoms with Crippen LogP contribution in [0.15, 0.2) is 34.9 Å². The van der Waals surface area contributed by atoms with E-state index in [1.807, 2.05) is 22.4 Å². The molecule has 4 rings (SSSR count). The van der Waals surface area contributed by atoms with Crippen molar-refractivity contribution in [2.75, 3.05) is 12.3 Å². The third kappa shape index (κ3) is 3.72. The lowest BCUT2D eigenvalue weighted by atomic mass is 10.2. The number of hydrogen-bond donors (Lipinski definition) is 0. The molecule has 3 aromatic rings. The molecule has 0 bridgehead atoms. The number of thioether (sulfide) groups is 1.